The van der Waals surface area contributed by atoms with E-state index in [0.29, 0.717) is 12.2 Å². The van der Waals surface area contributed by atoms with Crippen molar-refractivity contribution in [3.63, 3.8) is 0 Å². The van der Waals surface area contributed by atoms with Gasteiger partial charge in [-0.1, -0.05) is 18.2 Å². The zero-order valence-electron chi connectivity index (χ0n) is 14.3. The third-order valence-corrected chi connectivity index (χ3v) is 5.62. The van der Waals surface area contributed by atoms with Crippen LogP contribution in [0.2, 0.25) is 0 Å². The first kappa shape index (κ1) is 16.6. The predicted molar refractivity (Wildman–Crippen MR) is 100 cm³/mol. The van der Waals surface area contributed by atoms with Gasteiger partial charge in [-0.25, -0.2) is 0 Å². The van der Waals surface area contributed by atoms with Crippen LogP contribution in [0.4, 0.5) is 5.69 Å². The van der Waals surface area contributed by atoms with Crippen LogP contribution >= 0.6 is 11.3 Å². The second-order valence-corrected chi connectivity index (χ2v) is 7.18. The highest BCUT2D eigenvalue weighted by Gasteiger charge is 2.32. The Morgan fingerprint density at radius 2 is 2.00 bits per heavy atom. The molecule has 26 heavy (non-hydrogen) atoms. The first-order valence-electron chi connectivity index (χ1n) is 8.42. The van der Waals surface area contributed by atoms with Gasteiger partial charge >= 0.3 is 0 Å². The van der Waals surface area contributed by atoms with Crippen molar-refractivity contribution in [1.29, 1.82) is 0 Å². The van der Waals surface area contributed by atoms with E-state index in [9.17, 15) is 9.59 Å². The van der Waals surface area contributed by atoms with Gasteiger partial charge < -0.3 is 14.6 Å². The van der Waals surface area contributed by atoms with E-state index < -0.39 is 0 Å². The van der Waals surface area contributed by atoms with Crippen molar-refractivity contribution >= 4 is 28.8 Å². The average molecular weight is 366 g/mol. The number of furan rings is 1. The molecule has 2 aromatic heterocycles. The molecule has 6 heteroatoms. The standard InChI is InChI=1S/C20H18N2O3S/c1-13(23)22-10-8-18-15(9-12-26-18)19(22)14-5-2-3-6-16(14)21-20(24)17-7-4-11-25-17/h2-7,9,11-12,19H,8,10H2,1H3,(H,21,24)/t19-/m1/s1. The SMILES string of the molecule is CC(=O)N1CCc2sccc2[C@H]1c1ccccc1NC(=O)c1ccco1. The molecule has 3 heterocycles. The van der Waals surface area contributed by atoms with E-state index in [-0.39, 0.29) is 23.6 Å². The summed E-state index contributed by atoms with van der Waals surface area (Å²) in [5.74, 6) is -0.0275. The number of carbonyl (C=O) groups excluding carboxylic acids is 2. The Morgan fingerprint density at radius 1 is 1.15 bits per heavy atom. The normalized spacial score (nSPS) is 16.2. The molecule has 1 aliphatic heterocycles. The molecule has 1 atom stereocenters. The number of nitrogens with one attached hydrogen (secondary N) is 1. The molecule has 5 nitrogen and oxygen atoms in total. The molecule has 1 N–H and O–H groups in total. The number of hydrogen-bond acceptors (Lipinski definition) is 4. The molecule has 0 radical (unpaired) electrons. The molecular formula is C20H18N2O3S. The second-order valence-electron chi connectivity index (χ2n) is 6.18. The van der Waals surface area contributed by atoms with Gasteiger partial charge in [-0.05, 0) is 41.6 Å². The lowest BCUT2D eigenvalue weighted by atomic mass is 9.92. The molecule has 1 aliphatic rings. The summed E-state index contributed by atoms with van der Waals surface area (Å²) in [6.45, 7) is 2.27. The largest absolute Gasteiger partial charge is 0.459 e. The van der Waals surface area contributed by atoms with Crippen LogP contribution in [0.3, 0.4) is 0 Å². The number of hydrogen-bond donors (Lipinski definition) is 1. The zero-order chi connectivity index (χ0) is 18.1. The molecule has 0 bridgehead atoms. The first-order valence-corrected chi connectivity index (χ1v) is 9.30. The summed E-state index contributed by atoms with van der Waals surface area (Å²) in [4.78, 5) is 27.9. The summed E-state index contributed by atoms with van der Waals surface area (Å²) < 4.78 is 5.18. The highest BCUT2D eigenvalue weighted by atomic mass is 32.1. The molecule has 0 unspecified atom stereocenters. The monoisotopic (exact) mass is 366 g/mol. The fourth-order valence-corrected chi connectivity index (χ4v) is 4.34. The van der Waals surface area contributed by atoms with Crippen LogP contribution in [0, 0.1) is 0 Å². The van der Waals surface area contributed by atoms with E-state index in [0.717, 1.165) is 17.5 Å². The predicted octanol–water partition coefficient (Wildman–Crippen LogP) is 4.09. The van der Waals surface area contributed by atoms with Gasteiger partial charge in [0.15, 0.2) is 5.76 Å². The van der Waals surface area contributed by atoms with Gasteiger partial charge in [-0.3, -0.25) is 9.59 Å². The van der Waals surface area contributed by atoms with E-state index in [1.54, 1.807) is 30.4 Å². The van der Waals surface area contributed by atoms with E-state index in [1.807, 2.05) is 29.2 Å². The van der Waals surface area contributed by atoms with Crippen molar-refractivity contribution in [1.82, 2.24) is 4.90 Å². The zero-order valence-corrected chi connectivity index (χ0v) is 15.1. The number of anilines is 1. The molecule has 132 valence electrons. The van der Waals surface area contributed by atoms with Crippen molar-refractivity contribution in [2.75, 3.05) is 11.9 Å². The highest BCUT2D eigenvalue weighted by molar-refractivity contribution is 7.10. The number of carbonyl (C=O) groups is 2. The Kier molecular flexibility index (Phi) is 4.34. The Labute approximate surface area is 155 Å². The second kappa shape index (κ2) is 6.80. The summed E-state index contributed by atoms with van der Waals surface area (Å²) in [7, 11) is 0. The minimum Gasteiger partial charge on any atom is -0.459 e. The molecule has 0 saturated heterocycles. The number of nitrogens with zero attached hydrogens (tertiary/aromatic N) is 1. The summed E-state index contributed by atoms with van der Waals surface area (Å²) in [5.41, 5.74) is 2.72. The minimum absolute atomic E-state index is 0.0269. The molecule has 1 aromatic carbocycles. The lowest BCUT2D eigenvalue weighted by Gasteiger charge is -2.36. The van der Waals surface area contributed by atoms with Crippen molar-refractivity contribution in [3.8, 4) is 0 Å². The fourth-order valence-electron chi connectivity index (χ4n) is 3.43. The molecule has 0 saturated carbocycles. The van der Waals surface area contributed by atoms with Gasteiger partial charge in [-0.2, -0.15) is 0 Å². The quantitative estimate of drug-likeness (QED) is 0.759. The topological polar surface area (TPSA) is 62.6 Å². The molecule has 4 rings (SSSR count). The van der Waals surface area contributed by atoms with Gasteiger partial charge in [0.2, 0.25) is 5.91 Å². The number of benzene rings is 1. The van der Waals surface area contributed by atoms with Crippen molar-refractivity contribution in [2.45, 2.75) is 19.4 Å². The van der Waals surface area contributed by atoms with Crippen molar-refractivity contribution in [3.05, 3.63) is 75.9 Å². The lowest BCUT2D eigenvalue weighted by molar-refractivity contribution is -0.130. The first-order chi connectivity index (χ1) is 12.6. The van der Waals surface area contributed by atoms with Crippen LogP contribution in [0.5, 0.6) is 0 Å². The third kappa shape index (κ3) is 2.93. The number of para-hydroxylation sites is 1. The third-order valence-electron chi connectivity index (χ3n) is 4.62. The van der Waals surface area contributed by atoms with E-state index in [1.165, 1.54) is 11.1 Å². The molecule has 0 spiro atoms. The van der Waals surface area contributed by atoms with Gasteiger partial charge in [0.1, 0.15) is 0 Å². The summed E-state index contributed by atoms with van der Waals surface area (Å²) in [6.07, 6.45) is 2.33. The molecule has 0 fully saturated rings. The summed E-state index contributed by atoms with van der Waals surface area (Å²) in [5, 5.41) is 4.99. The Hall–Kier alpha value is -2.86. The van der Waals surface area contributed by atoms with Crippen LogP contribution in [-0.4, -0.2) is 23.3 Å². The van der Waals surface area contributed by atoms with Crippen molar-refractivity contribution in [2.24, 2.45) is 0 Å². The van der Waals surface area contributed by atoms with Crippen LogP contribution in [0.1, 0.15) is 39.5 Å². The molecule has 3 aromatic rings. The van der Waals surface area contributed by atoms with E-state index in [4.69, 9.17) is 4.42 Å². The van der Waals surface area contributed by atoms with E-state index in [2.05, 4.69) is 16.8 Å². The maximum atomic E-state index is 12.4. The smallest absolute Gasteiger partial charge is 0.291 e. The van der Waals surface area contributed by atoms with Crippen LogP contribution in [0.15, 0.2) is 58.5 Å². The van der Waals surface area contributed by atoms with Gasteiger partial charge in [0.25, 0.3) is 5.91 Å². The van der Waals surface area contributed by atoms with Crippen LogP contribution < -0.4 is 5.32 Å². The maximum Gasteiger partial charge on any atom is 0.291 e. The fraction of sp³-hybridized carbons (Fsp3) is 0.200. The van der Waals surface area contributed by atoms with Crippen LogP contribution in [0.25, 0.3) is 0 Å². The average Bonchev–Trinajstić information content (AvgIpc) is 3.33. The highest BCUT2D eigenvalue weighted by Crippen LogP contribution is 2.40. The summed E-state index contributed by atoms with van der Waals surface area (Å²) >= 11 is 1.72. The molecule has 2 amide bonds. The lowest BCUT2D eigenvalue weighted by Crippen LogP contribution is -2.39. The van der Waals surface area contributed by atoms with Gasteiger partial charge in [0, 0.05) is 29.6 Å². The van der Waals surface area contributed by atoms with E-state index >= 15 is 0 Å². The summed E-state index contributed by atoms with van der Waals surface area (Å²) in [6, 6.07) is 12.8. The van der Waals surface area contributed by atoms with Crippen LogP contribution in [-0.2, 0) is 11.2 Å². The number of thiophene rings is 1. The maximum absolute atomic E-state index is 12.4. The van der Waals surface area contributed by atoms with Gasteiger partial charge in [-0.15, -0.1) is 11.3 Å². The Bertz CT molecular complexity index is 946. The Morgan fingerprint density at radius 3 is 2.77 bits per heavy atom. The number of amides is 2. The number of fused-ring (bicyclic) bond motifs is 1. The molecule has 0 aliphatic carbocycles. The Balaban J connectivity index is 1.75. The molecular weight excluding hydrogens is 348 g/mol. The minimum atomic E-state index is -0.307. The van der Waals surface area contributed by atoms with Gasteiger partial charge in [0.05, 0.1) is 12.3 Å². The number of rotatable bonds is 3. The van der Waals surface area contributed by atoms with Crippen molar-refractivity contribution < 1.29 is 14.0 Å².